The maximum absolute atomic E-state index is 10.1. The van der Waals surface area contributed by atoms with Crippen LogP contribution in [-0.4, -0.2) is 32.5 Å². The predicted molar refractivity (Wildman–Crippen MR) is 28.1 cm³/mol. The lowest BCUT2D eigenvalue weighted by molar-refractivity contribution is -0.300. The molecular formula is C3H4O7P-. The number of aliphatic hydroxyl groups is 1. The number of rotatable bonds is 3. The van der Waals surface area contributed by atoms with Gasteiger partial charge >= 0.3 is 7.60 Å². The zero-order chi connectivity index (χ0) is 9.23. The van der Waals surface area contributed by atoms with E-state index in [1.54, 1.807) is 0 Å². The second-order valence-electron chi connectivity index (χ2n) is 1.61. The van der Waals surface area contributed by atoms with Crippen LogP contribution in [0, 0.1) is 0 Å². The lowest BCUT2D eigenvalue weighted by Crippen LogP contribution is -2.38. The van der Waals surface area contributed by atoms with Crippen molar-refractivity contribution in [3.05, 3.63) is 0 Å². The van der Waals surface area contributed by atoms with E-state index in [4.69, 9.17) is 14.9 Å². The normalized spacial score (nSPS) is 14.1. The van der Waals surface area contributed by atoms with Crippen LogP contribution in [0.4, 0.5) is 0 Å². The number of aliphatic hydroxyl groups excluding tert-OH is 1. The molecule has 11 heavy (non-hydrogen) atoms. The summed E-state index contributed by atoms with van der Waals surface area (Å²) in [5.74, 6) is -7.19. The molecule has 0 fully saturated rings. The minimum Gasteiger partial charge on any atom is -0.542 e. The maximum atomic E-state index is 10.1. The Morgan fingerprint density at radius 1 is 1.36 bits per heavy atom. The second-order valence-corrected chi connectivity index (χ2v) is 3.28. The smallest absolute Gasteiger partial charge is 0.361 e. The molecule has 0 amide bonds. The van der Waals surface area contributed by atoms with Crippen LogP contribution in [0.15, 0.2) is 0 Å². The molecule has 0 bridgehead atoms. The lowest BCUT2D eigenvalue weighted by Gasteiger charge is -2.10. The number of aliphatic carboxylic acids is 1. The molecule has 64 valence electrons. The number of hydrogen-bond donors (Lipinski definition) is 3. The van der Waals surface area contributed by atoms with E-state index in [1.807, 2.05) is 0 Å². The number of ketones is 1. The molecule has 0 aliphatic heterocycles. The van der Waals surface area contributed by atoms with Gasteiger partial charge in [-0.1, -0.05) is 0 Å². The molecular weight excluding hydrogens is 179 g/mol. The van der Waals surface area contributed by atoms with Crippen molar-refractivity contribution >= 4 is 19.3 Å². The molecule has 3 N–H and O–H groups in total. The molecule has 0 heterocycles. The van der Waals surface area contributed by atoms with Gasteiger partial charge < -0.3 is 24.8 Å². The Morgan fingerprint density at radius 2 is 1.73 bits per heavy atom. The van der Waals surface area contributed by atoms with Gasteiger partial charge in [-0.05, 0) is 0 Å². The van der Waals surface area contributed by atoms with E-state index >= 15 is 0 Å². The Bertz CT molecular complexity index is 226. The molecule has 0 rings (SSSR count). The molecule has 0 aliphatic carbocycles. The Morgan fingerprint density at radius 3 is 1.82 bits per heavy atom. The van der Waals surface area contributed by atoms with E-state index in [0.717, 1.165) is 0 Å². The summed E-state index contributed by atoms with van der Waals surface area (Å²) < 4.78 is 10.0. The van der Waals surface area contributed by atoms with Gasteiger partial charge in [0.15, 0.2) is 0 Å². The van der Waals surface area contributed by atoms with Crippen molar-refractivity contribution in [3.63, 3.8) is 0 Å². The van der Waals surface area contributed by atoms with E-state index in [9.17, 15) is 19.3 Å². The number of carboxylic acids is 1. The second kappa shape index (κ2) is 3.10. The zero-order valence-electron chi connectivity index (χ0n) is 5.00. The molecule has 8 heteroatoms. The standard InChI is InChI=1S/C3H5O7P/c4-1(2(5)6)3(7)11(8,9)10/h3,7H,(H,5,6)(H2,8,9,10)/p-1. The van der Waals surface area contributed by atoms with Crippen molar-refractivity contribution in [2.24, 2.45) is 0 Å². The maximum Gasteiger partial charge on any atom is 0.361 e. The fourth-order valence-corrected chi connectivity index (χ4v) is 0.669. The first kappa shape index (κ1) is 10.2. The van der Waals surface area contributed by atoms with Crippen molar-refractivity contribution in [1.82, 2.24) is 0 Å². The van der Waals surface area contributed by atoms with Crippen molar-refractivity contribution < 1.29 is 34.2 Å². The van der Waals surface area contributed by atoms with Gasteiger partial charge in [0.2, 0.25) is 11.6 Å². The van der Waals surface area contributed by atoms with E-state index < -0.39 is 25.2 Å². The summed E-state index contributed by atoms with van der Waals surface area (Å²) in [5, 5.41) is 17.9. The van der Waals surface area contributed by atoms with Crippen LogP contribution >= 0.6 is 7.60 Å². The number of Topliss-reactive ketones (excluding diaryl/α,β-unsaturated/α-hetero) is 1. The number of hydrogen-bond acceptors (Lipinski definition) is 5. The largest absolute Gasteiger partial charge is 0.542 e. The molecule has 0 aliphatic rings. The summed E-state index contributed by atoms with van der Waals surface area (Å²) in [6, 6.07) is 0. The van der Waals surface area contributed by atoms with Crippen LogP contribution < -0.4 is 5.11 Å². The van der Waals surface area contributed by atoms with Gasteiger partial charge in [0.05, 0.1) is 0 Å². The van der Waals surface area contributed by atoms with Crippen LogP contribution in [0.1, 0.15) is 0 Å². The average molecular weight is 183 g/mol. The monoisotopic (exact) mass is 183 g/mol. The van der Waals surface area contributed by atoms with E-state index in [-0.39, 0.29) is 0 Å². The van der Waals surface area contributed by atoms with Crippen molar-refractivity contribution in [2.75, 3.05) is 0 Å². The SMILES string of the molecule is O=C([O-])C(=O)C(O)P(=O)(O)O. The lowest BCUT2D eigenvalue weighted by atomic mass is 10.4. The molecule has 7 nitrogen and oxygen atoms in total. The summed E-state index contributed by atoms with van der Waals surface area (Å²) in [5.41, 5.74) is 0. The van der Waals surface area contributed by atoms with Crippen molar-refractivity contribution in [1.29, 1.82) is 0 Å². The third-order valence-corrected chi connectivity index (χ3v) is 1.63. The van der Waals surface area contributed by atoms with Crippen molar-refractivity contribution in [3.8, 4) is 0 Å². The third kappa shape index (κ3) is 2.77. The topological polar surface area (TPSA) is 135 Å². The summed E-state index contributed by atoms with van der Waals surface area (Å²) >= 11 is 0. The molecule has 0 saturated heterocycles. The quantitative estimate of drug-likeness (QED) is 0.309. The molecule has 0 aromatic carbocycles. The fraction of sp³-hybridized carbons (Fsp3) is 0.333. The molecule has 0 spiro atoms. The van der Waals surface area contributed by atoms with Crippen molar-refractivity contribution in [2.45, 2.75) is 5.85 Å². The predicted octanol–water partition coefficient (Wildman–Crippen LogP) is -3.20. The molecule has 0 saturated carbocycles. The van der Waals surface area contributed by atoms with Gasteiger partial charge in [0, 0.05) is 0 Å². The Balaban J connectivity index is 4.52. The summed E-state index contributed by atoms with van der Waals surface area (Å²) in [6.45, 7) is 0. The zero-order valence-corrected chi connectivity index (χ0v) is 5.89. The van der Waals surface area contributed by atoms with Gasteiger partial charge in [0.25, 0.3) is 0 Å². The Kier molecular flexibility index (Phi) is 2.89. The van der Waals surface area contributed by atoms with Gasteiger partial charge in [-0.15, -0.1) is 0 Å². The Hall–Kier alpha value is -0.750. The molecule has 0 radical (unpaired) electrons. The highest BCUT2D eigenvalue weighted by molar-refractivity contribution is 7.53. The highest BCUT2D eigenvalue weighted by Gasteiger charge is 2.33. The third-order valence-electron chi connectivity index (χ3n) is 0.754. The number of carbonyl (C=O) groups is 2. The number of carbonyl (C=O) groups excluding carboxylic acids is 2. The first-order valence-corrected chi connectivity index (χ1v) is 3.93. The average Bonchev–Trinajstić information content (AvgIpc) is 1.82. The summed E-state index contributed by atoms with van der Waals surface area (Å²) in [7, 11) is -5.08. The van der Waals surface area contributed by atoms with Crippen LogP contribution in [-0.2, 0) is 14.2 Å². The minimum absolute atomic E-state index is 2.03. The Labute approximate surface area is 60.4 Å². The number of carboxylic acid groups (broad SMARTS) is 1. The summed E-state index contributed by atoms with van der Waals surface area (Å²) in [4.78, 5) is 35.8. The highest BCUT2D eigenvalue weighted by atomic mass is 31.2. The highest BCUT2D eigenvalue weighted by Crippen LogP contribution is 2.39. The summed E-state index contributed by atoms with van der Waals surface area (Å²) in [6.07, 6.45) is 0. The molecule has 0 aromatic rings. The first-order valence-electron chi connectivity index (χ1n) is 2.25. The molecule has 1 unspecified atom stereocenters. The minimum atomic E-state index is -5.08. The van der Waals surface area contributed by atoms with Gasteiger partial charge in [-0.2, -0.15) is 0 Å². The van der Waals surface area contributed by atoms with Gasteiger partial charge in [-0.3, -0.25) is 9.36 Å². The molecule has 0 aromatic heterocycles. The van der Waals surface area contributed by atoms with E-state index in [0.29, 0.717) is 0 Å². The fourth-order valence-electron chi connectivity index (χ4n) is 0.258. The van der Waals surface area contributed by atoms with E-state index in [1.165, 1.54) is 0 Å². The van der Waals surface area contributed by atoms with Crippen LogP contribution in [0.25, 0.3) is 0 Å². The first-order chi connectivity index (χ1) is 4.76. The van der Waals surface area contributed by atoms with Gasteiger partial charge in [-0.25, -0.2) is 0 Å². The van der Waals surface area contributed by atoms with E-state index in [2.05, 4.69) is 0 Å². The van der Waals surface area contributed by atoms with Crippen LogP contribution in [0.2, 0.25) is 0 Å². The van der Waals surface area contributed by atoms with Crippen LogP contribution in [0.5, 0.6) is 0 Å². The van der Waals surface area contributed by atoms with Crippen LogP contribution in [0.3, 0.4) is 0 Å². The van der Waals surface area contributed by atoms with Gasteiger partial charge in [0.1, 0.15) is 5.97 Å². The molecule has 1 atom stereocenters.